The Labute approximate surface area is 162 Å². The fourth-order valence-corrected chi connectivity index (χ4v) is 4.58. The highest BCUT2D eigenvalue weighted by molar-refractivity contribution is 5.14. The van der Waals surface area contributed by atoms with E-state index in [0.29, 0.717) is 6.04 Å². The Balaban J connectivity index is 1.24. The van der Waals surface area contributed by atoms with Crippen LogP contribution in [-0.4, -0.2) is 64.7 Å². The molecule has 2 saturated heterocycles. The summed E-state index contributed by atoms with van der Waals surface area (Å²) < 4.78 is 5.37. The van der Waals surface area contributed by atoms with E-state index in [2.05, 4.69) is 63.2 Å². The molecule has 2 aliphatic rings. The van der Waals surface area contributed by atoms with Crippen LogP contribution < -0.4 is 0 Å². The van der Waals surface area contributed by atoms with Crippen LogP contribution in [0.15, 0.2) is 40.9 Å². The average molecular weight is 369 g/mol. The largest absolute Gasteiger partial charge is 0.360 e. The molecule has 5 nitrogen and oxygen atoms in total. The highest BCUT2D eigenvalue weighted by Crippen LogP contribution is 2.24. The van der Waals surface area contributed by atoms with E-state index in [4.69, 9.17) is 4.52 Å². The second-order valence-electron chi connectivity index (χ2n) is 8.23. The van der Waals surface area contributed by atoms with Crippen molar-refractivity contribution in [1.82, 2.24) is 19.9 Å². The number of rotatable bonds is 5. The van der Waals surface area contributed by atoms with Crippen LogP contribution >= 0.6 is 0 Å². The van der Waals surface area contributed by atoms with E-state index >= 15 is 0 Å². The van der Waals surface area contributed by atoms with Crippen LogP contribution in [0.1, 0.15) is 36.8 Å². The summed E-state index contributed by atoms with van der Waals surface area (Å²) >= 11 is 0. The molecule has 2 fully saturated rings. The van der Waals surface area contributed by atoms with Gasteiger partial charge in [0.1, 0.15) is 0 Å². The van der Waals surface area contributed by atoms with Crippen molar-refractivity contribution in [1.29, 1.82) is 0 Å². The first kappa shape index (κ1) is 18.7. The van der Waals surface area contributed by atoms with Crippen LogP contribution in [0.25, 0.3) is 0 Å². The summed E-state index contributed by atoms with van der Waals surface area (Å²) in [4.78, 5) is 7.86. The van der Waals surface area contributed by atoms with E-state index in [-0.39, 0.29) is 0 Å². The maximum Gasteiger partial charge on any atom is 0.150 e. The second kappa shape index (κ2) is 8.55. The molecule has 0 bridgehead atoms. The normalized spacial score (nSPS) is 25.7. The van der Waals surface area contributed by atoms with Gasteiger partial charge in [-0.05, 0) is 32.3 Å². The molecule has 27 heavy (non-hydrogen) atoms. The van der Waals surface area contributed by atoms with Gasteiger partial charge in [-0.15, -0.1) is 0 Å². The maximum absolute atomic E-state index is 5.37. The molecule has 0 radical (unpaired) electrons. The molecule has 1 aromatic carbocycles. The monoisotopic (exact) mass is 368 g/mol. The van der Waals surface area contributed by atoms with Crippen molar-refractivity contribution >= 4 is 0 Å². The smallest absolute Gasteiger partial charge is 0.150 e. The van der Waals surface area contributed by atoms with Crippen LogP contribution in [0.3, 0.4) is 0 Å². The third-order valence-corrected chi connectivity index (χ3v) is 6.19. The van der Waals surface area contributed by atoms with E-state index in [1.165, 1.54) is 38.0 Å². The minimum Gasteiger partial charge on any atom is -0.360 e. The van der Waals surface area contributed by atoms with Crippen LogP contribution in [0.2, 0.25) is 0 Å². The van der Waals surface area contributed by atoms with Gasteiger partial charge in [0, 0.05) is 57.4 Å². The Kier molecular flexibility index (Phi) is 5.91. The fourth-order valence-electron chi connectivity index (χ4n) is 4.58. The lowest BCUT2D eigenvalue weighted by Crippen LogP contribution is -2.54. The number of hydrogen-bond donors (Lipinski definition) is 0. The number of piperazine rings is 1. The van der Waals surface area contributed by atoms with Gasteiger partial charge in [-0.1, -0.05) is 35.5 Å². The van der Waals surface area contributed by atoms with Gasteiger partial charge >= 0.3 is 0 Å². The SMILES string of the molecule is Cc1cc(CN2CCN(C3CCN(Cc4ccccc4)C(C)C3)CC2)on1. The predicted octanol–water partition coefficient (Wildman–Crippen LogP) is 3.15. The van der Waals surface area contributed by atoms with Gasteiger partial charge in [0.05, 0.1) is 12.2 Å². The van der Waals surface area contributed by atoms with Crippen molar-refractivity contribution in [2.75, 3.05) is 32.7 Å². The van der Waals surface area contributed by atoms with E-state index in [0.717, 1.165) is 43.7 Å². The number of hydrogen-bond acceptors (Lipinski definition) is 5. The van der Waals surface area contributed by atoms with Gasteiger partial charge in [0.25, 0.3) is 0 Å². The zero-order valence-corrected chi connectivity index (χ0v) is 16.7. The van der Waals surface area contributed by atoms with Crippen LogP contribution in [0.4, 0.5) is 0 Å². The maximum atomic E-state index is 5.37. The molecule has 146 valence electrons. The molecule has 2 aromatic rings. The van der Waals surface area contributed by atoms with Crippen molar-refractivity contribution < 1.29 is 4.52 Å². The molecule has 0 N–H and O–H groups in total. The highest BCUT2D eigenvalue weighted by atomic mass is 16.5. The third-order valence-electron chi connectivity index (χ3n) is 6.19. The van der Waals surface area contributed by atoms with Crippen molar-refractivity contribution in [2.45, 2.75) is 51.9 Å². The number of piperidine rings is 1. The summed E-state index contributed by atoms with van der Waals surface area (Å²) in [6, 6.07) is 14.3. The average Bonchev–Trinajstić information content (AvgIpc) is 3.09. The lowest BCUT2D eigenvalue weighted by atomic mass is 9.95. The molecule has 2 atom stereocenters. The molecule has 2 unspecified atom stereocenters. The van der Waals surface area contributed by atoms with Crippen molar-refractivity contribution in [3.05, 3.63) is 53.4 Å². The topological polar surface area (TPSA) is 35.8 Å². The number of benzene rings is 1. The number of aromatic nitrogens is 1. The van der Waals surface area contributed by atoms with Gasteiger partial charge in [-0.25, -0.2) is 0 Å². The molecule has 4 rings (SSSR count). The van der Waals surface area contributed by atoms with Crippen LogP contribution in [0, 0.1) is 6.92 Å². The molecule has 1 aromatic heterocycles. The minimum atomic E-state index is 0.652. The summed E-state index contributed by atoms with van der Waals surface area (Å²) in [5.74, 6) is 0.990. The molecule has 0 aliphatic carbocycles. The molecule has 2 aliphatic heterocycles. The van der Waals surface area contributed by atoms with Crippen LogP contribution in [0.5, 0.6) is 0 Å². The Hall–Kier alpha value is -1.69. The quantitative estimate of drug-likeness (QED) is 0.810. The first-order valence-corrected chi connectivity index (χ1v) is 10.3. The Bertz CT molecular complexity index is 708. The zero-order valence-electron chi connectivity index (χ0n) is 16.7. The Morgan fingerprint density at radius 1 is 1.04 bits per heavy atom. The molecular formula is C22H32N4O. The minimum absolute atomic E-state index is 0.652. The van der Waals surface area contributed by atoms with Gasteiger partial charge in [0.2, 0.25) is 0 Å². The summed E-state index contributed by atoms with van der Waals surface area (Å²) in [6.45, 7) is 12.1. The third kappa shape index (κ3) is 4.78. The number of likely N-dealkylation sites (tertiary alicyclic amines) is 1. The molecule has 0 spiro atoms. The number of aryl methyl sites for hydroxylation is 1. The summed E-state index contributed by atoms with van der Waals surface area (Å²) in [7, 11) is 0. The molecule has 0 saturated carbocycles. The Morgan fingerprint density at radius 3 is 2.48 bits per heavy atom. The molecule has 0 amide bonds. The summed E-state index contributed by atoms with van der Waals surface area (Å²) in [6.07, 6.45) is 2.58. The summed E-state index contributed by atoms with van der Waals surface area (Å²) in [5, 5.41) is 4.00. The fraction of sp³-hybridized carbons (Fsp3) is 0.591. The van der Waals surface area contributed by atoms with E-state index in [1.54, 1.807) is 0 Å². The lowest BCUT2D eigenvalue weighted by molar-refractivity contribution is 0.0325. The van der Waals surface area contributed by atoms with Crippen LogP contribution in [-0.2, 0) is 13.1 Å². The second-order valence-corrected chi connectivity index (χ2v) is 8.23. The van der Waals surface area contributed by atoms with Gasteiger partial charge < -0.3 is 4.52 Å². The predicted molar refractivity (Wildman–Crippen MR) is 107 cm³/mol. The standard InChI is InChI=1S/C22H32N4O/c1-18-14-22(27-23-18)17-24-10-12-25(13-11-24)21-8-9-26(19(2)15-21)16-20-6-4-3-5-7-20/h3-7,14,19,21H,8-13,15-17H2,1-2H3. The Morgan fingerprint density at radius 2 is 1.81 bits per heavy atom. The molecule has 3 heterocycles. The highest BCUT2D eigenvalue weighted by Gasteiger charge is 2.31. The first-order chi connectivity index (χ1) is 13.2. The van der Waals surface area contributed by atoms with Gasteiger partial charge in [0.15, 0.2) is 5.76 Å². The zero-order chi connectivity index (χ0) is 18.6. The van der Waals surface area contributed by atoms with E-state index < -0.39 is 0 Å². The van der Waals surface area contributed by atoms with Crippen molar-refractivity contribution in [2.24, 2.45) is 0 Å². The van der Waals surface area contributed by atoms with Gasteiger partial charge in [-0.2, -0.15) is 0 Å². The first-order valence-electron chi connectivity index (χ1n) is 10.3. The van der Waals surface area contributed by atoms with Crippen molar-refractivity contribution in [3.8, 4) is 0 Å². The molecule has 5 heteroatoms. The number of nitrogens with zero attached hydrogens (tertiary/aromatic N) is 4. The molecular weight excluding hydrogens is 336 g/mol. The summed E-state index contributed by atoms with van der Waals surface area (Å²) in [5.41, 5.74) is 2.40. The lowest BCUT2D eigenvalue weighted by Gasteiger charge is -2.45. The van der Waals surface area contributed by atoms with E-state index in [9.17, 15) is 0 Å². The van der Waals surface area contributed by atoms with Gasteiger partial charge in [-0.3, -0.25) is 14.7 Å². The van der Waals surface area contributed by atoms with Crippen molar-refractivity contribution in [3.63, 3.8) is 0 Å². The van der Waals surface area contributed by atoms with E-state index in [1.807, 2.05) is 6.92 Å².